The number of nitrogens with one attached hydrogen (secondary N) is 3. The first kappa shape index (κ1) is 34.3. The molecule has 208 valence electrons. The second-order valence-corrected chi connectivity index (χ2v) is 9.71. The van der Waals surface area contributed by atoms with Crippen LogP contribution in [0.5, 0.6) is 0 Å². The Kier molecular flexibility index (Phi) is 17.2. The summed E-state index contributed by atoms with van der Waals surface area (Å²) in [4.78, 5) is 24.0. The van der Waals surface area contributed by atoms with E-state index in [-0.39, 0.29) is 69.7 Å². The summed E-state index contributed by atoms with van der Waals surface area (Å²) in [6.07, 6.45) is 3.92. The third kappa shape index (κ3) is 13.2. The minimum Gasteiger partial charge on any atom is -0.657 e. The molecule has 8 heteroatoms. The summed E-state index contributed by atoms with van der Waals surface area (Å²) >= 11 is 0. The maximum Gasteiger partial charge on any atom is 1.00 e. The predicted octanol–water partition coefficient (Wildman–Crippen LogP) is 1.50. The molecule has 1 saturated carbocycles. The molecule has 3 aromatic rings. The Bertz CT molecular complexity index is 1130. The van der Waals surface area contributed by atoms with E-state index < -0.39 is 0 Å². The molecule has 3 aromatic carbocycles. The first-order valence-corrected chi connectivity index (χ1v) is 13.9. The van der Waals surface area contributed by atoms with E-state index in [1.807, 2.05) is 36.4 Å². The summed E-state index contributed by atoms with van der Waals surface area (Å²) in [5, 5.41) is 13.3. The van der Waals surface area contributed by atoms with Crippen molar-refractivity contribution in [3.63, 3.8) is 0 Å². The minimum atomic E-state index is -0.282. The maximum atomic E-state index is 12.2. The number of hydrogen-bond donors (Lipinski definition) is 4. The van der Waals surface area contributed by atoms with E-state index >= 15 is 0 Å². The largest absolute Gasteiger partial charge is 1.00 e. The zero-order chi connectivity index (χ0) is 27.7. The summed E-state index contributed by atoms with van der Waals surface area (Å²) in [5.74, 6) is 0.273. The van der Waals surface area contributed by atoms with Crippen molar-refractivity contribution < 1.29 is 61.0 Å². The van der Waals surface area contributed by atoms with Crippen molar-refractivity contribution in [2.24, 2.45) is 5.73 Å². The second kappa shape index (κ2) is 20.1. The van der Waals surface area contributed by atoms with Gasteiger partial charge in [-0.15, -0.1) is 13.1 Å². The number of carbonyl (C=O) groups excluding carboxylic acids is 2. The molecular formula is C32H42KN5O2. The molecule has 0 spiro atoms. The summed E-state index contributed by atoms with van der Waals surface area (Å²) in [6.45, 7) is 5.43. The van der Waals surface area contributed by atoms with Crippen LogP contribution in [0.15, 0.2) is 84.9 Å². The molecule has 2 unspecified atom stereocenters. The van der Waals surface area contributed by atoms with Gasteiger partial charge in [0.15, 0.2) is 0 Å². The van der Waals surface area contributed by atoms with Crippen LogP contribution in [-0.4, -0.2) is 44.0 Å². The molecule has 0 bridgehead atoms. The smallest absolute Gasteiger partial charge is 0.657 e. The number of nitrogens with zero attached hydrogens (tertiary/aromatic N) is 1. The molecule has 1 aliphatic carbocycles. The predicted molar refractivity (Wildman–Crippen MR) is 159 cm³/mol. The number of benzene rings is 3. The van der Waals surface area contributed by atoms with Gasteiger partial charge in [-0.05, 0) is 49.2 Å². The molecule has 1 fully saturated rings. The Morgan fingerprint density at radius 1 is 0.925 bits per heavy atom. The second-order valence-electron chi connectivity index (χ2n) is 9.71. The van der Waals surface area contributed by atoms with Crippen LogP contribution >= 0.6 is 0 Å². The van der Waals surface area contributed by atoms with E-state index in [0.717, 1.165) is 23.1 Å². The Hall–Kier alpha value is -1.88. The summed E-state index contributed by atoms with van der Waals surface area (Å²) in [5.41, 5.74) is 9.37. The van der Waals surface area contributed by atoms with Crippen LogP contribution in [0.4, 0.5) is 0 Å². The number of unbranched alkanes of at least 4 members (excludes halogenated alkanes) is 1. The molecule has 4 rings (SSSR count). The number of amides is 2. The molecule has 0 aromatic heterocycles. The van der Waals surface area contributed by atoms with E-state index in [0.29, 0.717) is 31.7 Å². The van der Waals surface area contributed by atoms with Gasteiger partial charge in [-0.2, -0.15) is 0 Å². The average molecular weight is 568 g/mol. The van der Waals surface area contributed by atoms with Crippen LogP contribution in [0.2, 0.25) is 0 Å². The molecule has 2 atom stereocenters. The van der Waals surface area contributed by atoms with E-state index in [9.17, 15) is 9.59 Å². The van der Waals surface area contributed by atoms with Crippen molar-refractivity contribution in [3.8, 4) is 0 Å². The minimum absolute atomic E-state index is 0. The average Bonchev–Trinajstić information content (AvgIpc) is 3.76. The Balaban J connectivity index is 0.000000316. The number of rotatable bonds is 14. The third-order valence-corrected chi connectivity index (χ3v) is 6.47. The first-order chi connectivity index (χ1) is 19.1. The third-order valence-electron chi connectivity index (χ3n) is 6.47. The Labute approximate surface area is 281 Å². The van der Waals surface area contributed by atoms with Crippen LogP contribution in [0.1, 0.15) is 59.2 Å². The van der Waals surface area contributed by atoms with E-state index in [1.54, 1.807) is 18.2 Å². The molecule has 2 amide bonds. The molecule has 0 saturated heterocycles. The van der Waals surface area contributed by atoms with Crippen molar-refractivity contribution in [1.82, 2.24) is 16.0 Å². The van der Waals surface area contributed by atoms with Crippen molar-refractivity contribution in [3.05, 3.63) is 112 Å². The fraction of sp³-hybridized carbons (Fsp3) is 0.375. The van der Waals surface area contributed by atoms with Crippen molar-refractivity contribution in [1.29, 1.82) is 0 Å². The van der Waals surface area contributed by atoms with E-state index in [1.165, 1.54) is 31.4 Å². The molecular weight excluding hydrogens is 525 g/mol. The van der Waals surface area contributed by atoms with Crippen molar-refractivity contribution in [2.45, 2.75) is 51.2 Å². The van der Waals surface area contributed by atoms with Gasteiger partial charge in [0.05, 0.1) is 6.54 Å². The number of hydrogen-bond acceptors (Lipinski definition) is 4. The molecule has 5 N–H and O–H groups in total. The summed E-state index contributed by atoms with van der Waals surface area (Å²) in [6, 6.07) is 28.4. The van der Waals surface area contributed by atoms with Gasteiger partial charge in [0, 0.05) is 24.1 Å². The van der Waals surface area contributed by atoms with Crippen molar-refractivity contribution >= 4 is 11.8 Å². The van der Waals surface area contributed by atoms with Crippen LogP contribution in [0.25, 0.3) is 5.32 Å². The van der Waals surface area contributed by atoms with Gasteiger partial charge < -0.3 is 27.0 Å². The van der Waals surface area contributed by atoms with Crippen LogP contribution in [-0.2, 0) is 17.9 Å². The van der Waals surface area contributed by atoms with E-state index in [2.05, 4.69) is 58.5 Å². The van der Waals surface area contributed by atoms with Gasteiger partial charge in [-0.25, -0.2) is 0 Å². The van der Waals surface area contributed by atoms with Gasteiger partial charge in [0.2, 0.25) is 5.91 Å². The van der Waals surface area contributed by atoms with Crippen molar-refractivity contribution in [2.75, 3.05) is 26.2 Å². The monoisotopic (exact) mass is 567 g/mol. The van der Waals surface area contributed by atoms with Gasteiger partial charge in [-0.1, -0.05) is 91.7 Å². The number of nitrogens with two attached hydrogens (primary N) is 1. The van der Waals surface area contributed by atoms with Crippen LogP contribution in [0.3, 0.4) is 0 Å². The van der Waals surface area contributed by atoms with Gasteiger partial charge in [0.1, 0.15) is 0 Å². The number of carbonyl (C=O) groups is 2. The summed E-state index contributed by atoms with van der Waals surface area (Å²) in [7, 11) is 0. The standard InChI is InChI=1S/C19H23N4O2.C13H19N.K/c20-9-10-21-12-16-7-4-8-17(11-16)19(25)23-14-18(24)22-13-15-5-2-1-3-6-15;1-2-3-9-14-13-10-12(13)11-7-5-4-6-8-11;/h1-8,11H,9-10,12-14,20H2,(H,22,24)(H,23,25);4-8,12-14H,2-3,9-10H2,1H3;/q-1;;+1. The molecule has 0 radical (unpaired) electrons. The normalized spacial score (nSPS) is 15.2. The first-order valence-electron chi connectivity index (χ1n) is 13.9. The molecule has 40 heavy (non-hydrogen) atoms. The quantitative estimate of drug-likeness (QED) is 0.175. The van der Waals surface area contributed by atoms with Gasteiger partial charge in [0.25, 0.3) is 5.91 Å². The van der Waals surface area contributed by atoms with Gasteiger partial charge in [-0.3, -0.25) is 9.59 Å². The molecule has 0 aliphatic heterocycles. The SMILES string of the molecule is CCCCNC1CC1c1ccccc1.NCC[N-]Cc1cccc(C(=O)NCC(=O)NCc2ccccc2)c1.[K+]. The maximum absolute atomic E-state index is 12.2. The van der Waals surface area contributed by atoms with Crippen LogP contribution < -0.4 is 73.1 Å². The Morgan fingerprint density at radius 2 is 1.62 bits per heavy atom. The Morgan fingerprint density at radius 3 is 2.33 bits per heavy atom. The van der Waals surface area contributed by atoms with E-state index in [4.69, 9.17) is 5.73 Å². The van der Waals surface area contributed by atoms with Gasteiger partial charge >= 0.3 is 51.4 Å². The molecule has 0 heterocycles. The fourth-order valence-electron chi connectivity index (χ4n) is 4.19. The molecule has 1 aliphatic rings. The molecule has 7 nitrogen and oxygen atoms in total. The zero-order valence-electron chi connectivity index (χ0n) is 23.9. The topological polar surface area (TPSA) is 110 Å². The zero-order valence-corrected chi connectivity index (χ0v) is 27.1. The summed E-state index contributed by atoms with van der Waals surface area (Å²) < 4.78 is 0. The fourth-order valence-corrected chi connectivity index (χ4v) is 4.19. The van der Waals surface area contributed by atoms with Crippen LogP contribution in [0, 0.1) is 0 Å².